The van der Waals surface area contributed by atoms with Crippen LogP contribution in [-0.2, 0) is 16.6 Å². The van der Waals surface area contributed by atoms with Gasteiger partial charge in [-0.3, -0.25) is 9.69 Å². The summed E-state index contributed by atoms with van der Waals surface area (Å²) in [5.74, 6) is -0.744. The van der Waals surface area contributed by atoms with Crippen LogP contribution in [0.3, 0.4) is 0 Å². The van der Waals surface area contributed by atoms with Crippen LogP contribution in [0, 0.1) is 11.7 Å². The summed E-state index contributed by atoms with van der Waals surface area (Å²) in [6.45, 7) is 1.30. The first-order valence-corrected chi connectivity index (χ1v) is 14.9. The molecule has 1 amide bonds. The van der Waals surface area contributed by atoms with E-state index < -0.39 is 21.7 Å². The number of carbonyl (C=O) groups excluding carboxylic acids is 1. The molecule has 3 atom stereocenters. The van der Waals surface area contributed by atoms with Crippen molar-refractivity contribution in [1.82, 2.24) is 9.62 Å². The maximum absolute atomic E-state index is 14.8. The summed E-state index contributed by atoms with van der Waals surface area (Å²) in [6, 6.07) is 9.27. The van der Waals surface area contributed by atoms with E-state index >= 15 is 0 Å². The van der Waals surface area contributed by atoms with Crippen LogP contribution in [0.4, 0.5) is 4.39 Å². The third-order valence-electron chi connectivity index (χ3n) is 7.38. The van der Waals surface area contributed by atoms with Crippen molar-refractivity contribution in [3.05, 3.63) is 62.9 Å². The van der Waals surface area contributed by atoms with E-state index in [4.69, 9.17) is 27.9 Å². The highest BCUT2D eigenvalue weighted by molar-refractivity contribution is 7.89. The van der Waals surface area contributed by atoms with Crippen molar-refractivity contribution < 1.29 is 22.3 Å². The number of hydrogen-bond acceptors (Lipinski definition) is 5. The molecule has 2 bridgehead atoms. The van der Waals surface area contributed by atoms with Crippen molar-refractivity contribution in [2.45, 2.75) is 63.1 Å². The molecule has 1 N–H and O–H groups in total. The Morgan fingerprint density at radius 1 is 1.06 bits per heavy atom. The summed E-state index contributed by atoms with van der Waals surface area (Å²) in [5, 5.41) is 1.29. The fourth-order valence-electron chi connectivity index (χ4n) is 5.71. The smallest absolute Gasteiger partial charge is 0.267 e. The van der Waals surface area contributed by atoms with E-state index in [2.05, 4.69) is 4.90 Å². The van der Waals surface area contributed by atoms with Crippen molar-refractivity contribution >= 4 is 39.1 Å². The number of amides is 1. The first-order valence-electron chi connectivity index (χ1n) is 12.2. The van der Waals surface area contributed by atoms with Crippen LogP contribution in [0.1, 0.15) is 65.9 Å². The second kappa shape index (κ2) is 10.1. The second-order valence-corrected chi connectivity index (χ2v) is 13.0. The Kier molecular flexibility index (Phi) is 7.24. The van der Waals surface area contributed by atoms with Gasteiger partial charge < -0.3 is 4.74 Å². The van der Waals surface area contributed by atoms with Crippen molar-refractivity contribution in [1.29, 1.82) is 0 Å². The zero-order chi connectivity index (χ0) is 25.6. The first-order chi connectivity index (χ1) is 17.1. The Morgan fingerprint density at radius 2 is 1.69 bits per heavy atom. The van der Waals surface area contributed by atoms with Crippen LogP contribution >= 0.6 is 23.2 Å². The predicted molar refractivity (Wildman–Crippen MR) is 138 cm³/mol. The van der Waals surface area contributed by atoms with Crippen LogP contribution in [0.25, 0.3) is 0 Å². The highest BCUT2D eigenvalue weighted by Gasteiger charge is 2.41. The van der Waals surface area contributed by atoms with Crippen LogP contribution in [0.15, 0.2) is 30.3 Å². The number of fused-ring (bicyclic) bond motifs is 2. The molecule has 2 aromatic carbocycles. The molecule has 0 unspecified atom stereocenters. The number of sulfonamides is 1. The average molecular weight is 555 g/mol. The van der Waals surface area contributed by atoms with Crippen LogP contribution in [-0.4, -0.2) is 44.2 Å². The molecule has 6 nitrogen and oxygen atoms in total. The predicted octanol–water partition coefficient (Wildman–Crippen LogP) is 5.52. The summed E-state index contributed by atoms with van der Waals surface area (Å²) in [6.07, 6.45) is 7.02. The van der Waals surface area contributed by atoms with Crippen LogP contribution in [0.5, 0.6) is 5.75 Å². The number of nitrogens with one attached hydrogen (secondary N) is 1. The van der Waals surface area contributed by atoms with Gasteiger partial charge in [0, 0.05) is 34.7 Å². The number of rotatable bonds is 8. The Labute approximate surface area is 221 Å². The van der Waals surface area contributed by atoms with Crippen LogP contribution in [0.2, 0.25) is 10.0 Å². The highest BCUT2D eigenvalue weighted by Crippen LogP contribution is 2.46. The van der Waals surface area contributed by atoms with Gasteiger partial charge in [-0.25, -0.2) is 17.5 Å². The summed E-state index contributed by atoms with van der Waals surface area (Å²) in [4.78, 5) is 14.8. The van der Waals surface area contributed by atoms with Gasteiger partial charge in [0.05, 0.1) is 18.4 Å². The van der Waals surface area contributed by atoms with E-state index in [1.807, 2.05) is 16.9 Å². The van der Waals surface area contributed by atoms with Gasteiger partial charge in [0.1, 0.15) is 11.6 Å². The molecule has 2 aliphatic heterocycles. The standard InChI is InChI=1S/C26H29Cl2FN2O4S/c1-36(33,34)30-26(32)23-11-22(17-2-3-17)25(12-24(23)29)35-14-16-8-20-4-5-21(9-16)31(20)13-15-6-18(27)10-19(28)7-15/h6-7,10-12,16-17,20-21H,2-5,8-9,13-14H2,1H3,(H,30,32)/t16-,20+,21-. The maximum Gasteiger partial charge on any atom is 0.267 e. The largest absolute Gasteiger partial charge is 0.493 e. The third kappa shape index (κ3) is 5.98. The molecular weight excluding hydrogens is 526 g/mol. The fourth-order valence-corrected chi connectivity index (χ4v) is 6.73. The zero-order valence-corrected chi connectivity index (χ0v) is 22.3. The Balaban J connectivity index is 1.25. The SMILES string of the molecule is CS(=O)(=O)NC(=O)c1cc(C2CC2)c(OC[C@H]2C[C@H]3CC[C@@H](C2)N3Cc2cc(Cl)cc(Cl)c2)cc1F. The average Bonchev–Trinajstić information content (AvgIpc) is 3.57. The lowest BCUT2D eigenvalue weighted by atomic mass is 9.91. The van der Waals surface area contributed by atoms with Crippen molar-refractivity contribution in [2.24, 2.45) is 5.92 Å². The highest BCUT2D eigenvalue weighted by atomic mass is 35.5. The minimum absolute atomic E-state index is 0.202. The Hall–Kier alpha value is -1.87. The molecule has 10 heteroatoms. The lowest BCUT2D eigenvalue weighted by molar-refractivity contribution is 0.0735. The minimum atomic E-state index is -3.79. The molecule has 0 radical (unpaired) electrons. The number of piperidine rings is 1. The third-order valence-corrected chi connectivity index (χ3v) is 8.38. The van der Waals surface area contributed by atoms with Crippen molar-refractivity contribution in [3.63, 3.8) is 0 Å². The van der Waals surface area contributed by atoms with Gasteiger partial charge in [-0.05, 0) is 85.8 Å². The minimum Gasteiger partial charge on any atom is -0.493 e. The molecule has 0 spiro atoms. The summed E-state index contributed by atoms with van der Waals surface area (Å²) in [7, 11) is -3.79. The Bertz CT molecular complexity index is 1250. The summed E-state index contributed by atoms with van der Waals surface area (Å²) >= 11 is 12.4. The van der Waals surface area contributed by atoms with E-state index in [9.17, 15) is 17.6 Å². The second-order valence-electron chi connectivity index (χ2n) is 10.3. The molecule has 2 heterocycles. The van der Waals surface area contributed by atoms with Gasteiger partial charge in [0.25, 0.3) is 5.91 Å². The quantitative estimate of drug-likeness (QED) is 0.464. The molecule has 1 aliphatic carbocycles. The maximum atomic E-state index is 14.8. The van der Waals surface area contributed by atoms with Gasteiger partial charge in [0.2, 0.25) is 10.0 Å². The lowest BCUT2D eigenvalue weighted by Gasteiger charge is -2.39. The molecular formula is C26H29Cl2FN2O4S. The van der Waals surface area contributed by atoms with Crippen molar-refractivity contribution in [3.8, 4) is 5.75 Å². The number of benzene rings is 2. The van der Waals surface area contributed by atoms with Gasteiger partial charge in [-0.1, -0.05) is 23.2 Å². The monoisotopic (exact) mass is 554 g/mol. The Morgan fingerprint density at radius 3 is 2.28 bits per heavy atom. The molecule has 1 saturated carbocycles. The summed E-state index contributed by atoms with van der Waals surface area (Å²) < 4.78 is 45.6. The molecule has 5 rings (SSSR count). The van der Waals surface area contributed by atoms with E-state index in [1.165, 1.54) is 12.1 Å². The fraction of sp³-hybridized carbons (Fsp3) is 0.500. The topological polar surface area (TPSA) is 75.7 Å². The molecule has 2 aromatic rings. The molecule has 3 aliphatic rings. The van der Waals surface area contributed by atoms with Gasteiger partial charge >= 0.3 is 0 Å². The number of ether oxygens (including phenoxy) is 1. The number of halogens is 3. The molecule has 3 fully saturated rings. The van der Waals surface area contributed by atoms with Gasteiger partial charge in [-0.2, -0.15) is 0 Å². The van der Waals surface area contributed by atoms with E-state index in [0.717, 1.165) is 62.5 Å². The van der Waals surface area contributed by atoms with Gasteiger partial charge in [-0.15, -0.1) is 0 Å². The zero-order valence-electron chi connectivity index (χ0n) is 20.0. The number of hydrogen-bond donors (Lipinski definition) is 1. The summed E-state index contributed by atoms with van der Waals surface area (Å²) in [5.41, 5.74) is 1.61. The van der Waals surface area contributed by atoms with Gasteiger partial charge in [0.15, 0.2) is 0 Å². The van der Waals surface area contributed by atoms with E-state index in [-0.39, 0.29) is 11.5 Å². The van der Waals surface area contributed by atoms with Crippen LogP contribution < -0.4 is 9.46 Å². The first kappa shape index (κ1) is 25.8. The normalized spacial score (nSPS) is 24.1. The molecule has 194 valence electrons. The van der Waals surface area contributed by atoms with E-state index in [0.29, 0.717) is 40.4 Å². The lowest BCUT2D eigenvalue weighted by Crippen LogP contribution is -2.43. The molecule has 2 saturated heterocycles. The number of carbonyl (C=O) groups is 1. The van der Waals surface area contributed by atoms with Crippen molar-refractivity contribution in [2.75, 3.05) is 12.9 Å². The molecule has 0 aromatic heterocycles. The van der Waals surface area contributed by atoms with E-state index in [1.54, 1.807) is 6.07 Å². The molecule has 36 heavy (non-hydrogen) atoms. The number of nitrogens with zero attached hydrogens (tertiary/aromatic N) is 1.